The average Bonchev–Trinajstić information content (AvgIpc) is 3.32. The van der Waals surface area contributed by atoms with E-state index in [-0.39, 0.29) is 11.7 Å². The van der Waals surface area contributed by atoms with Gasteiger partial charge >= 0.3 is 11.7 Å². The van der Waals surface area contributed by atoms with Crippen LogP contribution in [0.4, 0.5) is 10.5 Å². The van der Waals surface area contributed by atoms with Gasteiger partial charge in [-0.2, -0.15) is 0 Å². The smallest absolute Gasteiger partial charge is 0.360 e. The molecule has 1 aliphatic carbocycles. The molecule has 2 heterocycles. The molecule has 0 saturated heterocycles. The maximum absolute atomic E-state index is 11.9. The number of urea groups is 1. The van der Waals surface area contributed by atoms with Crippen molar-refractivity contribution in [2.24, 2.45) is 5.92 Å². The minimum absolute atomic E-state index is 0.121. The second-order valence-corrected chi connectivity index (χ2v) is 5.02. The summed E-state index contributed by atoms with van der Waals surface area (Å²) in [6.45, 7) is 0.644. The van der Waals surface area contributed by atoms with Crippen LogP contribution < -0.4 is 16.3 Å². The Morgan fingerprint density at radius 3 is 2.86 bits per heavy atom. The van der Waals surface area contributed by atoms with Crippen molar-refractivity contribution in [3.05, 3.63) is 47.1 Å². The molecule has 0 atom stereocenters. The molecule has 0 unspecified atom stereocenters. The monoisotopic (exact) mass is 285 g/mol. The molecule has 6 nitrogen and oxygen atoms in total. The van der Waals surface area contributed by atoms with Gasteiger partial charge in [0.25, 0.3) is 0 Å². The number of hydrogen-bond acceptors (Lipinski definition) is 4. The number of rotatable bonds is 4. The SMILES string of the molecule is O=C(NCC1CC1)Nc1ccc(-c2cccnc2)oc1=O. The van der Waals surface area contributed by atoms with Crippen LogP contribution >= 0.6 is 0 Å². The van der Waals surface area contributed by atoms with Gasteiger partial charge in [0.2, 0.25) is 0 Å². The Hall–Kier alpha value is -2.63. The average molecular weight is 285 g/mol. The Morgan fingerprint density at radius 1 is 1.33 bits per heavy atom. The Balaban J connectivity index is 1.69. The lowest BCUT2D eigenvalue weighted by atomic mass is 10.2. The molecule has 1 saturated carbocycles. The molecule has 0 bridgehead atoms. The number of carbonyl (C=O) groups excluding carboxylic acids is 1. The van der Waals surface area contributed by atoms with Gasteiger partial charge < -0.3 is 15.1 Å². The normalized spacial score (nSPS) is 13.7. The summed E-state index contributed by atoms with van der Waals surface area (Å²) in [4.78, 5) is 27.5. The molecule has 0 aromatic carbocycles. The van der Waals surface area contributed by atoms with Gasteiger partial charge in [-0.15, -0.1) is 0 Å². The van der Waals surface area contributed by atoms with Crippen molar-refractivity contribution in [2.75, 3.05) is 11.9 Å². The summed E-state index contributed by atoms with van der Waals surface area (Å²) < 4.78 is 5.20. The molecule has 108 valence electrons. The maximum atomic E-state index is 11.9. The van der Waals surface area contributed by atoms with Crippen molar-refractivity contribution >= 4 is 11.7 Å². The van der Waals surface area contributed by atoms with E-state index in [0.29, 0.717) is 23.8 Å². The van der Waals surface area contributed by atoms with E-state index in [9.17, 15) is 9.59 Å². The van der Waals surface area contributed by atoms with Crippen molar-refractivity contribution in [1.82, 2.24) is 10.3 Å². The van der Waals surface area contributed by atoms with E-state index in [4.69, 9.17) is 4.42 Å². The fraction of sp³-hybridized carbons (Fsp3) is 0.267. The molecular weight excluding hydrogens is 270 g/mol. The van der Waals surface area contributed by atoms with Gasteiger partial charge in [-0.05, 0) is 43.0 Å². The number of aromatic nitrogens is 1. The fourth-order valence-electron chi connectivity index (χ4n) is 1.90. The zero-order chi connectivity index (χ0) is 14.7. The second-order valence-electron chi connectivity index (χ2n) is 5.02. The van der Waals surface area contributed by atoms with Crippen LogP contribution in [0.15, 0.2) is 45.9 Å². The van der Waals surface area contributed by atoms with Gasteiger partial charge in [-0.25, -0.2) is 9.59 Å². The van der Waals surface area contributed by atoms with Crippen LogP contribution in [0.3, 0.4) is 0 Å². The predicted octanol–water partition coefficient (Wildman–Crippen LogP) is 2.23. The molecule has 2 amide bonds. The third-order valence-corrected chi connectivity index (χ3v) is 3.27. The molecule has 0 aliphatic heterocycles. The first-order chi connectivity index (χ1) is 10.2. The summed E-state index contributed by atoms with van der Waals surface area (Å²) >= 11 is 0. The zero-order valence-electron chi connectivity index (χ0n) is 11.3. The molecule has 3 rings (SSSR count). The van der Waals surface area contributed by atoms with E-state index in [2.05, 4.69) is 15.6 Å². The van der Waals surface area contributed by atoms with Crippen LogP contribution in [0, 0.1) is 5.92 Å². The Morgan fingerprint density at radius 2 is 2.19 bits per heavy atom. The molecular formula is C15H15N3O3. The summed E-state index contributed by atoms with van der Waals surface area (Å²) in [6, 6.07) is 6.33. The van der Waals surface area contributed by atoms with Gasteiger partial charge in [0.05, 0.1) is 0 Å². The van der Waals surface area contributed by atoms with E-state index in [1.54, 1.807) is 30.6 Å². The summed E-state index contributed by atoms with van der Waals surface area (Å²) in [5, 5.41) is 5.23. The lowest BCUT2D eigenvalue weighted by Crippen LogP contribution is -2.32. The number of hydrogen-bond donors (Lipinski definition) is 2. The highest BCUT2D eigenvalue weighted by Crippen LogP contribution is 2.27. The molecule has 1 fully saturated rings. The van der Waals surface area contributed by atoms with Crippen molar-refractivity contribution in [3.63, 3.8) is 0 Å². The fourth-order valence-corrected chi connectivity index (χ4v) is 1.90. The van der Waals surface area contributed by atoms with E-state index < -0.39 is 5.63 Å². The molecule has 0 spiro atoms. The summed E-state index contributed by atoms with van der Waals surface area (Å²) in [5.41, 5.74) is 0.244. The number of pyridine rings is 1. The van der Waals surface area contributed by atoms with E-state index in [1.807, 2.05) is 0 Å². The van der Waals surface area contributed by atoms with Crippen LogP contribution in [-0.2, 0) is 0 Å². The van der Waals surface area contributed by atoms with Gasteiger partial charge in [0.1, 0.15) is 11.4 Å². The lowest BCUT2D eigenvalue weighted by molar-refractivity contribution is 0.251. The molecule has 21 heavy (non-hydrogen) atoms. The van der Waals surface area contributed by atoms with E-state index in [0.717, 1.165) is 12.8 Å². The number of nitrogens with one attached hydrogen (secondary N) is 2. The molecule has 6 heteroatoms. The Labute approximate surface area is 121 Å². The molecule has 2 aromatic heterocycles. The Kier molecular flexibility index (Phi) is 3.68. The third kappa shape index (κ3) is 3.47. The van der Waals surface area contributed by atoms with E-state index >= 15 is 0 Å². The largest absolute Gasteiger partial charge is 0.421 e. The quantitative estimate of drug-likeness (QED) is 0.902. The molecule has 2 N–H and O–H groups in total. The van der Waals surface area contributed by atoms with Crippen molar-refractivity contribution in [3.8, 4) is 11.3 Å². The van der Waals surface area contributed by atoms with Gasteiger partial charge in [0.15, 0.2) is 0 Å². The van der Waals surface area contributed by atoms with Crippen molar-refractivity contribution in [1.29, 1.82) is 0 Å². The van der Waals surface area contributed by atoms with Crippen LogP contribution in [0.5, 0.6) is 0 Å². The predicted molar refractivity (Wildman–Crippen MR) is 78.0 cm³/mol. The minimum Gasteiger partial charge on any atom is -0.421 e. The highest BCUT2D eigenvalue weighted by atomic mass is 16.4. The van der Waals surface area contributed by atoms with Crippen molar-refractivity contribution < 1.29 is 9.21 Å². The van der Waals surface area contributed by atoms with Crippen molar-refractivity contribution in [2.45, 2.75) is 12.8 Å². The lowest BCUT2D eigenvalue weighted by Gasteiger charge is -2.06. The van der Waals surface area contributed by atoms with Crippen LogP contribution in [0.25, 0.3) is 11.3 Å². The van der Waals surface area contributed by atoms with Gasteiger partial charge in [-0.1, -0.05) is 0 Å². The maximum Gasteiger partial charge on any atom is 0.360 e. The van der Waals surface area contributed by atoms with Crippen LogP contribution in [-0.4, -0.2) is 17.6 Å². The first kappa shape index (κ1) is 13.4. The first-order valence-electron chi connectivity index (χ1n) is 6.82. The molecule has 0 radical (unpaired) electrons. The number of amides is 2. The summed E-state index contributed by atoms with van der Waals surface area (Å²) in [7, 11) is 0. The second kappa shape index (κ2) is 5.78. The van der Waals surface area contributed by atoms with Crippen LogP contribution in [0.2, 0.25) is 0 Å². The third-order valence-electron chi connectivity index (χ3n) is 3.27. The summed E-state index contributed by atoms with van der Waals surface area (Å²) in [6.07, 6.45) is 5.56. The molecule has 2 aromatic rings. The number of anilines is 1. The highest BCUT2D eigenvalue weighted by Gasteiger charge is 2.21. The zero-order valence-corrected chi connectivity index (χ0v) is 11.3. The van der Waals surface area contributed by atoms with E-state index in [1.165, 1.54) is 6.07 Å². The standard InChI is InChI=1S/C15H15N3O3/c19-14-12(18-15(20)17-8-10-3-4-10)5-6-13(21-14)11-2-1-7-16-9-11/h1-2,5-7,9-10H,3-4,8H2,(H2,17,18,20). The summed E-state index contributed by atoms with van der Waals surface area (Å²) in [5.74, 6) is 0.997. The number of carbonyl (C=O) groups is 1. The van der Waals surface area contributed by atoms with Gasteiger partial charge in [0, 0.05) is 24.5 Å². The topological polar surface area (TPSA) is 84.2 Å². The van der Waals surface area contributed by atoms with Crippen LogP contribution in [0.1, 0.15) is 12.8 Å². The molecule has 1 aliphatic rings. The Bertz CT molecular complexity index is 693. The first-order valence-corrected chi connectivity index (χ1v) is 6.82. The minimum atomic E-state index is -0.585. The van der Waals surface area contributed by atoms with Gasteiger partial charge in [-0.3, -0.25) is 4.98 Å². The number of nitrogens with zero attached hydrogens (tertiary/aromatic N) is 1. The highest BCUT2D eigenvalue weighted by molar-refractivity contribution is 5.89.